The first-order chi connectivity index (χ1) is 11.6. The summed E-state index contributed by atoms with van der Waals surface area (Å²) in [5.74, 6) is -1.35. The predicted molar refractivity (Wildman–Crippen MR) is 95.0 cm³/mol. The Balaban J connectivity index is 1.81. The van der Waals surface area contributed by atoms with Crippen molar-refractivity contribution >= 4 is 28.9 Å². The van der Waals surface area contributed by atoms with E-state index < -0.39 is 11.9 Å². The first-order valence-electron chi connectivity index (χ1n) is 8.25. The molecule has 1 aliphatic carbocycles. The van der Waals surface area contributed by atoms with Crippen LogP contribution in [-0.2, 0) is 16.1 Å². The smallest absolute Gasteiger partial charge is 0.306 e. The third-order valence-electron chi connectivity index (χ3n) is 4.63. The molecule has 3 rings (SSSR count). The van der Waals surface area contributed by atoms with Crippen molar-refractivity contribution in [2.75, 3.05) is 4.90 Å². The van der Waals surface area contributed by atoms with Gasteiger partial charge in [0.1, 0.15) is 0 Å². The summed E-state index contributed by atoms with van der Waals surface area (Å²) in [5, 5.41) is 13.3. The van der Waals surface area contributed by atoms with Crippen LogP contribution < -0.4 is 4.90 Å². The molecule has 0 spiro atoms. The highest BCUT2D eigenvalue weighted by atomic mass is 32.1. The van der Waals surface area contributed by atoms with Gasteiger partial charge in [-0.2, -0.15) is 11.3 Å². The molecule has 0 radical (unpaired) electrons. The van der Waals surface area contributed by atoms with Crippen LogP contribution in [0.25, 0.3) is 0 Å². The average Bonchev–Trinajstić information content (AvgIpc) is 3.13. The van der Waals surface area contributed by atoms with Gasteiger partial charge in [0.05, 0.1) is 12.5 Å². The molecule has 0 aliphatic heterocycles. The number of carboxylic acids is 1. The van der Waals surface area contributed by atoms with Gasteiger partial charge in [0.2, 0.25) is 5.91 Å². The number of carbonyl (C=O) groups excluding carboxylic acids is 1. The quantitative estimate of drug-likeness (QED) is 0.886. The maximum atomic E-state index is 13.1. The molecule has 2 aromatic rings. The van der Waals surface area contributed by atoms with Crippen LogP contribution in [0.1, 0.15) is 31.2 Å². The zero-order valence-corrected chi connectivity index (χ0v) is 14.2. The summed E-state index contributed by atoms with van der Waals surface area (Å²) in [4.78, 5) is 26.2. The summed E-state index contributed by atoms with van der Waals surface area (Å²) in [6.07, 6.45) is 2.69. The number of carbonyl (C=O) groups is 2. The Morgan fingerprint density at radius 2 is 1.88 bits per heavy atom. The number of anilines is 1. The minimum atomic E-state index is -0.781. The number of thiophene rings is 1. The predicted octanol–water partition coefficient (Wildman–Crippen LogP) is 4.17. The molecule has 1 saturated carbocycles. The number of carboxylic acid groups (broad SMARTS) is 1. The van der Waals surface area contributed by atoms with E-state index in [4.69, 9.17) is 0 Å². The molecule has 126 valence electrons. The van der Waals surface area contributed by atoms with Gasteiger partial charge >= 0.3 is 5.97 Å². The molecule has 24 heavy (non-hydrogen) atoms. The number of rotatable bonds is 5. The first kappa shape index (κ1) is 16.7. The van der Waals surface area contributed by atoms with Gasteiger partial charge in [0.25, 0.3) is 0 Å². The molecule has 1 aliphatic rings. The van der Waals surface area contributed by atoms with Crippen molar-refractivity contribution in [2.24, 2.45) is 11.8 Å². The summed E-state index contributed by atoms with van der Waals surface area (Å²) in [6.45, 7) is 0.528. The van der Waals surface area contributed by atoms with Gasteiger partial charge in [0, 0.05) is 11.6 Å². The Bertz CT molecular complexity index is 684. The van der Waals surface area contributed by atoms with E-state index in [0.717, 1.165) is 24.1 Å². The third-order valence-corrected chi connectivity index (χ3v) is 5.36. The fourth-order valence-electron chi connectivity index (χ4n) is 3.33. The van der Waals surface area contributed by atoms with Crippen LogP contribution >= 0.6 is 11.3 Å². The number of amides is 1. The van der Waals surface area contributed by atoms with E-state index in [9.17, 15) is 14.7 Å². The van der Waals surface area contributed by atoms with E-state index >= 15 is 0 Å². The molecule has 1 amide bonds. The molecule has 1 N–H and O–H groups in total. The van der Waals surface area contributed by atoms with Crippen molar-refractivity contribution in [1.82, 2.24) is 0 Å². The molecule has 1 fully saturated rings. The molecule has 1 aromatic carbocycles. The molecule has 1 heterocycles. The number of hydrogen-bond donors (Lipinski definition) is 1. The minimum Gasteiger partial charge on any atom is -0.481 e. The zero-order valence-electron chi connectivity index (χ0n) is 13.4. The van der Waals surface area contributed by atoms with Crippen LogP contribution in [0, 0.1) is 11.8 Å². The van der Waals surface area contributed by atoms with Gasteiger partial charge in [-0.1, -0.05) is 24.6 Å². The van der Waals surface area contributed by atoms with E-state index in [1.54, 1.807) is 16.2 Å². The van der Waals surface area contributed by atoms with Crippen molar-refractivity contribution in [2.45, 2.75) is 32.2 Å². The van der Waals surface area contributed by atoms with Gasteiger partial charge in [0.15, 0.2) is 0 Å². The topological polar surface area (TPSA) is 57.6 Å². The summed E-state index contributed by atoms with van der Waals surface area (Å²) in [6, 6.07) is 11.7. The molecule has 1 aromatic heterocycles. The monoisotopic (exact) mass is 343 g/mol. The van der Waals surface area contributed by atoms with E-state index in [1.165, 1.54) is 0 Å². The Hall–Kier alpha value is -2.14. The number of nitrogens with zero attached hydrogens (tertiary/aromatic N) is 1. The van der Waals surface area contributed by atoms with Crippen molar-refractivity contribution < 1.29 is 14.7 Å². The van der Waals surface area contributed by atoms with E-state index in [0.29, 0.717) is 19.4 Å². The lowest BCUT2D eigenvalue weighted by molar-refractivity contribution is -0.143. The van der Waals surface area contributed by atoms with Gasteiger partial charge < -0.3 is 10.0 Å². The maximum absolute atomic E-state index is 13.1. The molecule has 0 bridgehead atoms. The van der Waals surface area contributed by atoms with Crippen LogP contribution in [0.5, 0.6) is 0 Å². The van der Waals surface area contributed by atoms with Gasteiger partial charge in [-0.3, -0.25) is 9.59 Å². The fraction of sp³-hybridized carbons (Fsp3) is 0.368. The highest BCUT2D eigenvalue weighted by Gasteiger charge is 2.33. The molecule has 2 atom stereocenters. The second-order valence-corrected chi connectivity index (χ2v) is 7.07. The molecule has 5 heteroatoms. The Labute approximate surface area is 145 Å². The van der Waals surface area contributed by atoms with Crippen LogP contribution in [0.15, 0.2) is 47.2 Å². The largest absolute Gasteiger partial charge is 0.481 e. The summed E-state index contributed by atoms with van der Waals surface area (Å²) in [5.41, 5.74) is 1.97. The second kappa shape index (κ2) is 7.62. The molecule has 4 nitrogen and oxygen atoms in total. The average molecular weight is 343 g/mol. The van der Waals surface area contributed by atoms with Crippen molar-refractivity contribution in [1.29, 1.82) is 0 Å². The SMILES string of the molecule is O=C(O)C1CCCC(C(=O)N(Cc2ccsc2)c2ccccc2)C1. The molecular weight excluding hydrogens is 322 g/mol. The minimum absolute atomic E-state index is 0.0401. The lowest BCUT2D eigenvalue weighted by atomic mass is 9.80. The first-order valence-corrected chi connectivity index (χ1v) is 9.19. The van der Waals surface area contributed by atoms with Crippen molar-refractivity contribution in [3.63, 3.8) is 0 Å². The number of benzene rings is 1. The van der Waals surface area contributed by atoms with Crippen molar-refractivity contribution in [3.8, 4) is 0 Å². The van der Waals surface area contributed by atoms with Gasteiger partial charge in [-0.25, -0.2) is 0 Å². The van der Waals surface area contributed by atoms with Crippen LogP contribution in [0.4, 0.5) is 5.69 Å². The Morgan fingerprint density at radius 1 is 1.12 bits per heavy atom. The van der Waals surface area contributed by atoms with Crippen molar-refractivity contribution in [3.05, 3.63) is 52.7 Å². The zero-order chi connectivity index (χ0) is 16.9. The number of hydrogen-bond acceptors (Lipinski definition) is 3. The summed E-state index contributed by atoms with van der Waals surface area (Å²) >= 11 is 1.61. The molecular formula is C19H21NO3S. The van der Waals surface area contributed by atoms with E-state index in [1.807, 2.05) is 47.2 Å². The Morgan fingerprint density at radius 3 is 2.54 bits per heavy atom. The van der Waals surface area contributed by atoms with Gasteiger partial charge in [-0.05, 0) is 53.8 Å². The van der Waals surface area contributed by atoms with Gasteiger partial charge in [-0.15, -0.1) is 0 Å². The standard InChI is InChI=1S/C19H21NO3S/c21-18(15-5-4-6-16(11-15)19(22)23)20(12-14-9-10-24-13-14)17-7-2-1-3-8-17/h1-3,7-10,13,15-16H,4-6,11-12H2,(H,22,23). The molecule has 0 saturated heterocycles. The fourth-order valence-corrected chi connectivity index (χ4v) is 3.99. The third kappa shape index (κ3) is 3.85. The van der Waals surface area contributed by atoms with Crippen LogP contribution in [0.3, 0.4) is 0 Å². The summed E-state index contributed by atoms with van der Waals surface area (Å²) in [7, 11) is 0. The molecule has 2 unspecified atom stereocenters. The lowest BCUT2D eigenvalue weighted by Gasteiger charge is -2.31. The highest BCUT2D eigenvalue weighted by molar-refractivity contribution is 7.07. The number of para-hydroxylation sites is 1. The van der Waals surface area contributed by atoms with Crippen LogP contribution in [0.2, 0.25) is 0 Å². The summed E-state index contributed by atoms with van der Waals surface area (Å²) < 4.78 is 0. The second-order valence-electron chi connectivity index (χ2n) is 6.29. The lowest BCUT2D eigenvalue weighted by Crippen LogP contribution is -2.38. The normalized spacial score (nSPS) is 20.5. The highest BCUT2D eigenvalue weighted by Crippen LogP contribution is 2.32. The maximum Gasteiger partial charge on any atom is 0.306 e. The number of aliphatic carboxylic acids is 1. The van der Waals surface area contributed by atoms with E-state index in [2.05, 4.69) is 0 Å². The Kier molecular flexibility index (Phi) is 5.30. The van der Waals surface area contributed by atoms with Crippen LogP contribution in [-0.4, -0.2) is 17.0 Å². The van der Waals surface area contributed by atoms with E-state index in [-0.39, 0.29) is 11.8 Å².